The van der Waals surface area contributed by atoms with Crippen LogP contribution in [-0.2, 0) is 38.1 Å². The number of hydrogen-bond donors (Lipinski definition) is 0. The molecule has 0 aliphatic heterocycles. The normalized spacial score (nSPS) is 13.7. The van der Waals surface area contributed by atoms with E-state index in [1.807, 2.05) is 0 Å². The Balaban J connectivity index is 0. The maximum Gasteiger partial charge on any atom is 0.331 e. The number of unbranched alkanes of at least 4 members (excludes halogenated alkanes) is 4. The topological polar surface area (TPSA) is 105 Å². The summed E-state index contributed by atoms with van der Waals surface area (Å²) in [6, 6.07) is 0. The van der Waals surface area contributed by atoms with Crippen LogP contribution in [0.5, 0.6) is 0 Å². The van der Waals surface area contributed by atoms with Crippen LogP contribution in [-0.4, -0.2) is 50.3 Å². The predicted octanol–water partition coefficient (Wildman–Crippen LogP) is 10.1. The minimum absolute atomic E-state index is 0.401. The van der Waals surface area contributed by atoms with E-state index in [1.165, 1.54) is 24.3 Å². The first-order valence-electron chi connectivity index (χ1n) is 19.2. The van der Waals surface area contributed by atoms with Crippen LogP contribution in [0.15, 0.2) is 24.3 Å². The fourth-order valence-electron chi connectivity index (χ4n) is 4.86. The van der Waals surface area contributed by atoms with E-state index in [9.17, 15) is 19.2 Å². The molecule has 0 heterocycles. The molecule has 4 atom stereocenters. The van der Waals surface area contributed by atoms with Crippen molar-refractivity contribution >= 4 is 23.9 Å². The van der Waals surface area contributed by atoms with Crippen LogP contribution >= 0.6 is 0 Å². The largest absolute Gasteiger partial charge is 0.462 e. The Labute approximate surface area is 294 Å². The molecular formula is C40H72O8. The number of esters is 4. The van der Waals surface area contributed by atoms with Crippen LogP contribution in [0.25, 0.3) is 0 Å². The van der Waals surface area contributed by atoms with Gasteiger partial charge < -0.3 is 18.9 Å². The monoisotopic (exact) mass is 681 g/mol. The fourth-order valence-corrected chi connectivity index (χ4v) is 4.86. The second-order valence-corrected chi connectivity index (χ2v) is 12.9. The van der Waals surface area contributed by atoms with Gasteiger partial charge in [0.25, 0.3) is 0 Å². The van der Waals surface area contributed by atoms with E-state index < -0.39 is 23.9 Å². The average molecular weight is 681 g/mol. The molecule has 8 nitrogen and oxygen atoms in total. The zero-order valence-electron chi connectivity index (χ0n) is 32.0. The first-order chi connectivity index (χ1) is 23.1. The summed E-state index contributed by atoms with van der Waals surface area (Å²) < 4.78 is 20.8. The van der Waals surface area contributed by atoms with Gasteiger partial charge in [0, 0.05) is 24.3 Å². The van der Waals surface area contributed by atoms with Gasteiger partial charge in [-0.25, -0.2) is 19.2 Å². The predicted molar refractivity (Wildman–Crippen MR) is 195 cm³/mol. The van der Waals surface area contributed by atoms with E-state index in [-0.39, 0.29) is 0 Å². The van der Waals surface area contributed by atoms with Gasteiger partial charge in [-0.15, -0.1) is 0 Å². The molecule has 280 valence electrons. The van der Waals surface area contributed by atoms with Crippen LogP contribution in [0.1, 0.15) is 158 Å². The molecule has 0 N–H and O–H groups in total. The van der Waals surface area contributed by atoms with E-state index in [0.29, 0.717) is 50.1 Å². The van der Waals surface area contributed by atoms with Crippen LogP contribution in [0.4, 0.5) is 0 Å². The summed E-state index contributed by atoms with van der Waals surface area (Å²) in [6.45, 7) is 18.7. The van der Waals surface area contributed by atoms with Crippen molar-refractivity contribution in [3.8, 4) is 0 Å². The van der Waals surface area contributed by atoms with Crippen molar-refractivity contribution < 1.29 is 38.1 Å². The lowest BCUT2D eigenvalue weighted by Crippen LogP contribution is -2.14. The molecule has 8 heteroatoms. The molecule has 0 saturated heterocycles. The van der Waals surface area contributed by atoms with Gasteiger partial charge in [0.2, 0.25) is 0 Å². The fraction of sp³-hybridized carbons (Fsp3) is 0.800. The molecule has 0 aliphatic carbocycles. The van der Waals surface area contributed by atoms with Gasteiger partial charge >= 0.3 is 23.9 Å². The second-order valence-electron chi connectivity index (χ2n) is 12.9. The summed E-state index contributed by atoms with van der Waals surface area (Å²) in [7, 11) is 0. The summed E-state index contributed by atoms with van der Waals surface area (Å²) in [5.74, 6) is -0.285. The molecule has 4 unspecified atom stereocenters. The summed E-state index contributed by atoms with van der Waals surface area (Å²) in [5.41, 5.74) is 0. The van der Waals surface area contributed by atoms with Crippen molar-refractivity contribution in [2.45, 2.75) is 158 Å². The molecule has 0 aromatic rings. The van der Waals surface area contributed by atoms with Crippen molar-refractivity contribution in [2.24, 2.45) is 23.7 Å². The van der Waals surface area contributed by atoms with E-state index >= 15 is 0 Å². The van der Waals surface area contributed by atoms with E-state index in [2.05, 4.69) is 55.4 Å². The number of carbonyl (C=O) groups is 4. The molecule has 48 heavy (non-hydrogen) atoms. The van der Waals surface area contributed by atoms with Gasteiger partial charge in [-0.3, -0.25) is 0 Å². The molecule has 0 spiro atoms. The summed E-state index contributed by atoms with van der Waals surface area (Å²) in [5, 5.41) is 0. The van der Waals surface area contributed by atoms with E-state index in [1.54, 1.807) is 0 Å². The summed E-state index contributed by atoms with van der Waals surface area (Å²) in [6.07, 6.45) is 22.1. The molecule has 0 aliphatic rings. The standard InChI is InChI=1S/2C20H36O4/c2*1-5-9-11-17(7-3)15-23-19(21)13-14-20(22)24-16-18(8-4)12-10-6-2/h2*13-14,17-18H,5-12,15-16H2,1-4H3/b14-13+;14-13-. The number of carbonyl (C=O) groups excluding carboxylic acids is 4. The Hall–Kier alpha value is -2.64. The van der Waals surface area contributed by atoms with Gasteiger partial charge in [0.15, 0.2) is 0 Å². The Bertz CT molecular complexity index is 727. The van der Waals surface area contributed by atoms with Crippen LogP contribution < -0.4 is 0 Å². The highest BCUT2D eigenvalue weighted by Gasteiger charge is 2.12. The van der Waals surface area contributed by atoms with Gasteiger partial charge in [0.05, 0.1) is 26.4 Å². The van der Waals surface area contributed by atoms with Crippen molar-refractivity contribution in [1.29, 1.82) is 0 Å². The second kappa shape index (κ2) is 34.2. The van der Waals surface area contributed by atoms with Crippen molar-refractivity contribution in [3.05, 3.63) is 24.3 Å². The molecule has 0 amide bonds. The highest BCUT2D eigenvalue weighted by molar-refractivity contribution is 5.92. The van der Waals surface area contributed by atoms with Crippen molar-refractivity contribution in [3.63, 3.8) is 0 Å². The van der Waals surface area contributed by atoms with Crippen molar-refractivity contribution in [1.82, 2.24) is 0 Å². The Kier molecular flexibility index (Phi) is 33.9. The first kappa shape index (κ1) is 47.5. The highest BCUT2D eigenvalue weighted by atomic mass is 16.5. The number of hydrogen-bond acceptors (Lipinski definition) is 8. The zero-order chi connectivity index (χ0) is 36.4. The third kappa shape index (κ3) is 29.5. The van der Waals surface area contributed by atoms with Gasteiger partial charge in [-0.05, 0) is 49.4 Å². The number of rotatable bonds is 28. The SMILES string of the molecule is CCCCC(CC)COC(=O)/C=C/C(=O)OCC(CC)CCCC.CCCCC(CC)COC(=O)/C=C\C(=O)OCC(CC)CCCC. The Morgan fingerprint density at radius 1 is 0.375 bits per heavy atom. The summed E-state index contributed by atoms with van der Waals surface area (Å²) >= 11 is 0. The van der Waals surface area contributed by atoms with Crippen LogP contribution in [0.3, 0.4) is 0 Å². The van der Waals surface area contributed by atoms with E-state index in [4.69, 9.17) is 18.9 Å². The summed E-state index contributed by atoms with van der Waals surface area (Å²) in [4.78, 5) is 46.6. The maximum absolute atomic E-state index is 11.7. The van der Waals surface area contributed by atoms with Crippen molar-refractivity contribution in [2.75, 3.05) is 26.4 Å². The van der Waals surface area contributed by atoms with Gasteiger partial charge in [-0.2, -0.15) is 0 Å². The third-order valence-electron chi connectivity index (χ3n) is 8.73. The Morgan fingerprint density at radius 2 is 0.562 bits per heavy atom. The molecule has 0 aromatic heterocycles. The number of ether oxygens (including phenoxy) is 4. The highest BCUT2D eigenvalue weighted by Crippen LogP contribution is 2.15. The first-order valence-corrected chi connectivity index (χ1v) is 19.2. The van der Waals surface area contributed by atoms with Gasteiger partial charge in [-0.1, -0.05) is 132 Å². The van der Waals surface area contributed by atoms with Crippen LogP contribution in [0, 0.1) is 23.7 Å². The van der Waals surface area contributed by atoms with Crippen LogP contribution in [0.2, 0.25) is 0 Å². The molecular weight excluding hydrogens is 608 g/mol. The maximum atomic E-state index is 11.7. The molecule has 0 rings (SSSR count). The van der Waals surface area contributed by atoms with E-state index in [0.717, 1.165) is 103 Å². The molecule has 0 fully saturated rings. The average Bonchev–Trinajstić information content (AvgIpc) is 3.10. The van der Waals surface area contributed by atoms with Gasteiger partial charge in [0.1, 0.15) is 0 Å². The smallest absolute Gasteiger partial charge is 0.331 e. The quantitative estimate of drug-likeness (QED) is 0.0457. The Morgan fingerprint density at radius 3 is 0.708 bits per heavy atom. The lowest BCUT2D eigenvalue weighted by molar-refractivity contribution is -0.142. The minimum atomic E-state index is -0.472. The molecule has 0 aromatic carbocycles. The molecule has 0 saturated carbocycles. The minimum Gasteiger partial charge on any atom is -0.462 e. The zero-order valence-corrected chi connectivity index (χ0v) is 32.0. The lowest BCUT2D eigenvalue weighted by atomic mass is 10.0. The molecule has 0 bridgehead atoms. The molecule has 0 radical (unpaired) electrons. The lowest BCUT2D eigenvalue weighted by Gasteiger charge is -2.14. The third-order valence-corrected chi connectivity index (χ3v) is 8.73.